The van der Waals surface area contributed by atoms with E-state index in [-0.39, 0.29) is 24.0 Å². The quantitative estimate of drug-likeness (QED) is 0.294. The Morgan fingerprint density at radius 2 is 2.08 bits per heavy atom. The van der Waals surface area contributed by atoms with Crippen LogP contribution >= 0.6 is 24.0 Å². The largest absolute Gasteiger partial charge is 0.375 e. The molecule has 1 aliphatic rings. The molecule has 1 aliphatic heterocycles. The van der Waals surface area contributed by atoms with Gasteiger partial charge in [-0.15, -0.1) is 24.0 Å². The van der Waals surface area contributed by atoms with Crippen LogP contribution in [0.3, 0.4) is 0 Å². The van der Waals surface area contributed by atoms with Crippen molar-refractivity contribution in [3.8, 4) is 0 Å². The van der Waals surface area contributed by atoms with Gasteiger partial charge >= 0.3 is 0 Å². The second kappa shape index (κ2) is 11.1. The maximum absolute atomic E-state index is 5.71. The fourth-order valence-electron chi connectivity index (χ4n) is 3.11. The first kappa shape index (κ1) is 20.6. The van der Waals surface area contributed by atoms with Gasteiger partial charge in [-0.3, -0.25) is 10.1 Å². The van der Waals surface area contributed by atoms with E-state index < -0.39 is 0 Å². The van der Waals surface area contributed by atoms with Gasteiger partial charge in [-0.05, 0) is 18.4 Å². The predicted molar refractivity (Wildman–Crippen MR) is 113 cm³/mol. The number of aliphatic imine (C=N–C) groups is 1. The molecule has 2 aromatic rings. The van der Waals surface area contributed by atoms with Crippen LogP contribution in [0.25, 0.3) is 0 Å². The Morgan fingerprint density at radius 1 is 1.31 bits per heavy atom. The van der Waals surface area contributed by atoms with Gasteiger partial charge in [0.15, 0.2) is 5.96 Å². The zero-order valence-corrected chi connectivity index (χ0v) is 17.4. The number of aromatic nitrogens is 3. The third-order valence-electron chi connectivity index (χ3n) is 4.47. The Morgan fingerprint density at radius 3 is 2.73 bits per heavy atom. The van der Waals surface area contributed by atoms with Crippen LogP contribution < -0.4 is 5.32 Å². The lowest BCUT2D eigenvalue weighted by atomic mass is 9.96. The number of rotatable bonds is 6. The molecule has 2 N–H and O–H groups in total. The molecule has 0 spiro atoms. The second-order valence-corrected chi connectivity index (χ2v) is 6.14. The van der Waals surface area contributed by atoms with Crippen molar-refractivity contribution in [3.63, 3.8) is 0 Å². The van der Waals surface area contributed by atoms with Gasteiger partial charge < -0.3 is 15.0 Å². The molecule has 142 valence electrons. The lowest BCUT2D eigenvalue weighted by Crippen LogP contribution is -2.46. The number of hydrogen-bond acceptors (Lipinski definition) is 4. The molecule has 3 rings (SSSR count). The van der Waals surface area contributed by atoms with Crippen molar-refractivity contribution < 1.29 is 4.74 Å². The molecule has 0 aliphatic carbocycles. The SMILES string of the molecule is CN=C(NCCOCc1ccccc1)N1CCC(c2ncn[nH]2)CC1.I. The first-order valence-electron chi connectivity index (χ1n) is 8.79. The standard InChI is InChI=1S/C18H26N6O.HI/c1-19-18(20-9-12-25-13-15-5-3-2-4-6-15)24-10-7-16(8-11-24)17-21-14-22-23-17;/h2-6,14,16H,7-13H2,1H3,(H,19,20)(H,21,22,23);1H. The van der Waals surface area contributed by atoms with Gasteiger partial charge in [-0.1, -0.05) is 30.3 Å². The molecule has 26 heavy (non-hydrogen) atoms. The van der Waals surface area contributed by atoms with Crippen molar-refractivity contribution in [2.24, 2.45) is 4.99 Å². The monoisotopic (exact) mass is 470 g/mol. The number of benzene rings is 1. The maximum Gasteiger partial charge on any atom is 0.193 e. The number of guanidine groups is 1. The van der Waals surface area contributed by atoms with Crippen LogP contribution in [0.1, 0.15) is 30.1 Å². The highest BCUT2D eigenvalue weighted by molar-refractivity contribution is 14.0. The average molecular weight is 470 g/mol. The Labute approximate surface area is 171 Å². The summed E-state index contributed by atoms with van der Waals surface area (Å²) in [6.45, 7) is 3.99. The number of likely N-dealkylation sites (tertiary alicyclic amines) is 1. The van der Waals surface area contributed by atoms with E-state index in [1.54, 1.807) is 6.33 Å². The fourth-order valence-corrected chi connectivity index (χ4v) is 3.11. The van der Waals surface area contributed by atoms with Crippen molar-refractivity contribution in [1.29, 1.82) is 0 Å². The molecular formula is C18H27IN6O. The molecule has 0 bridgehead atoms. The fraction of sp³-hybridized carbons (Fsp3) is 0.500. The van der Waals surface area contributed by atoms with Gasteiger partial charge in [0.1, 0.15) is 12.2 Å². The summed E-state index contributed by atoms with van der Waals surface area (Å²) in [5.41, 5.74) is 1.20. The first-order valence-corrected chi connectivity index (χ1v) is 8.79. The number of nitrogens with one attached hydrogen (secondary N) is 2. The van der Waals surface area contributed by atoms with Crippen molar-refractivity contribution in [1.82, 2.24) is 25.4 Å². The normalized spacial score (nSPS) is 15.6. The van der Waals surface area contributed by atoms with Crippen LogP contribution in [0.2, 0.25) is 0 Å². The van der Waals surface area contributed by atoms with E-state index in [2.05, 4.69) is 42.5 Å². The number of piperidine rings is 1. The Bertz CT molecular complexity index is 641. The molecule has 1 fully saturated rings. The average Bonchev–Trinajstić information content (AvgIpc) is 3.21. The zero-order valence-electron chi connectivity index (χ0n) is 15.1. The van der Waals surface area contributed by atoms with Gasteiger partial charge in [0, 0.05) is 32.6 Å². The Kier molecular flexibility index (Phi) is 8.82. The third-order valence-corrected chi connectivity index (χ3v) is 4.47. The summed E-state index contributed by atoms with van der Waals surface area (Å²) in [5.74, 6) is 2.40. The molecule has 8 heteroatoms. The van der Waals surface area contributed by atoms with Gasteiger partial charge in [-0.25, -0.2) is 4.98 Å². The van der Waals surface area contributed by atoms with E-state index >= 15 is 0 Å². The number of halogens is 1. The van der Waals surface area contributed by atoms with E-state index in [4.69, 9.17) is 4.74 Å². The second-order valence-electron chi connectivity index (χ2n) is 6.14. The Balaban J connectivity index is 0.00000243. The lowest BCUT2D eigenvalue weighted by Gasteiger charge is -2.33. The summed E-state index contributed by atoms with van der Waals surface area (Å²) in [5, 5.41) is 10.3. The number of aromatic amines is 1. The van der Waals surface area contributed by atoms with Crippen LogP contribution in [-0.2, 0) is 11.3 Å². The van der Waals surface area contributed by atoms with Crippen molar-refractivity contribution in [3.05, 3.63) is 48.0 Å². The minimum Gasteiger partial charge on any atom is -0.375 e. The molecule has 7 nitrogen and oxygen atoms in total. The third kappa shape index (κ3) is 5.94. The van der Waals surface area contributed by atoms with E-state index in [0.29, 0.717) is 19.1 Å². The highest BCUT2D eigenvalue weighted by Crippen LogP contribution is 2.24. The van der Waals surface area contributed by atoms with Crippen LogP contribution in [0, 0.1) is 0 Å². The number of ether oxygens (including phenoxy) is 1. The molecule has 0 radical (unpaired) electrons. The minimum absolute atomic E-state index is 0. The summed E-state index contributed by atoms with van der Waals surface area (Å²) in [4.78, 5) is 11.0. The van der Waals surface area contributed by atoms with E-state index in [1.807, 2.05) is 25.2 Å². The molecule has 1 aromatic carbocycles. The van der Waals surface area contributed by atoms with Crippen LogP contribution in [0.5, 0.6) is 0 Å². The Hall–Kier alpha value is -1.68. The molecule has 0 unspecified atom stereocenters. The summed E-state index contributed by atoms with van der Waals surface area (Å²) in [7, 11) is 1.83. The van der Waals surface area contributed by atoms with Gasteiger partial charge in [0.05, 0.1) is 13.2 Å². The van der Waals surface area contributed by atoms with E-state index in [1.165, 1.54) is 5.56 Å². The maximum atomic E-state index is 5.71. The van der Waals surface area contributed by atoms with Crippen molar-refractivity contribution in [2.75, 3.05) is 33.3 Å². The van der Waals surface area contributed by atoms with Crippen LogP contribution in [0.4, 0.5) is 0 Å². The molecule has 0 atom stereocenters. The summed E-state index contributed by atoms with van der Waals surface area (Å²) >= 11 is 0. The van der Waals surface area contributed by atoms with Crippen molar-refractivity contribution in [2.45, 2.75) is 25.4 Å². The number of hydrogen-bond donors (Lipinski definition) is 2. The lowest BCUT2D eigenvalue weighted by molar-refractivity contribution is 0.125. The molecule has 1 saturated heterocycles. The predicted octanol–water partition coefficient (Wildman–Crippen LogP) is 2.39. The highest BCUT2D eigenvalue weighted by Gasteiger charge is 2.24. The minimum atomic E-state index is 0. The summed E-state index contributed by atoms with van der Waals surface area (Å²) in [6.07, 6.45) is 3.69. The van der Waals surface area contributed by atoms with Crippen LogP contribution in [0.15, 0.2) is 41.7 Å². The molecule has 0 amide bonds. The van der Waals surface area contributed by atoms with Gasteiger partial charge in [0.2, 0.25) is 0 Å². The van der Waals surface area contributed by atoms with Crippen molar-refractivity contribution >= 4 is 29.9 Å². The molecular weight excluding hydrogens is 443 g/mol. The van der Waals surface area contributed by atoms with Gasteiger partial charge in [-0.2, -0.15) is 5.10 Å². The van der Waals surface area contributed by atoms with E-state index in [0.717, 1.165) is 44.3 Å². The smallest absolute Gasteiger partial charge is 0.193 e. The topological polar surface area (TPSA) is 78.4 Å². The number of H-pyrrole nitrogens is 1. The van der Waals surface area contributed by atoms with Gasteiger partial charge in [0.25, 0.3) is 0 Å². The van der Waals surface area contributed by atoms with E-state index in [9.17, 15) is 0 Å². The summed E-state index contributed by atoms with van der Waals surface area (Å²) < 4.78 is 5.71. The zero-order chi connectivity index (χ0) is 17.3. The number of nitrogens with zero attached hydrogens (tertiary/aromatic N) is 4. The van der Waals surface area contributed by atoms with Crippen LogP contribution in [-0.4, -0.2) is 59.3 Å². The highest BCUT2D eigenvalue weighted by atomic mass is 127. The summed E-state index contributed by atoms with van der Waals surface area (Å²) in [6, 6.07) is 10.2. The first-order chi connectivity index (χ1) is 12.4. The molecule has 2 heterocycles. The molecule has 0 saturated carbocycles. The molecule has 1 aromatic heterocycles.